The first kappa shape index (κ1) is 13.4. The fourth-order valence-electron chi connectivity index (χ4n) is 2.45. The Hall–Kier alpha value is -1.59. The van der Waals surface area contributed by atoms with Crippen LogP contribution in [0.25, 0.3) is 0 Å². The number of halogens is 1. The second-order valence-electron chi connectivity index (χ2n) is 4.89. The Labute approximate surface area is 122 Å². The predicted octanol–water partition coefficient (Wildman–Crippen LogP) is 2.31. The van der Waals surface area contributed by atoms with Gasteiger partial charge in [0.2, 0.25) is 0 Å². The van der Waals surface area contributed by atoms with Gasteiger partial charge in [-0.15, -0.1) is 10.2 Å². The standard InChI is InChI=1S/C14H17ClN4O/c15-11-5-4-10(8-16)12(7-11)20-9-14-18-17-13-3-1-2-6-19(13)14/h4-5,7H,1-3,6,8-9,16H2. The molecule has 3 rings (SSSR count). The van der Waals surface area contributed by atoms with E-state index < -0.39 is 0 Å². The minimum absolute atomic E-state index is 0.389. The van der Waals surface area contributed by atoms with Crippen molar-refractivity contribution in [3.63, 3.8) is 0 Å². The lowest BCUT2D eigenvalue weighted by atomic mass is 10.2. The molecular weight excluding hydrogens is 276 g/mol. The summed E-state index contributed by atoms with van der Waals surface area (Å²) < 4.78 is 7.98. The van der Waals surface area contributed by atoms with Crippen LogP contribution in [0, 0.1) is 0 Å². The molecule has 2 heterocycles. The van der Waals surface area contributed by atoms with Gasteiger partial charge in [0.1, 0.15) is 18.2 Å². The Kier molecular flexibility index (Phi) is 3.89. The van der Waals surface area contributed by atoms with Crippen LogP contribution < -0.4 is 10.5 Å². The van der Waals surface area contributed by atoms with E-state index in [0.29, 0.717) is 23.9 Å². The zero-order chi connectivity index (χ0) is 13.9. The summed E-state index contributed by atoms with van der Waals surface area (Å²) in [5.74, 6) is 2.63. The Morgan fingerprint density at radius 1 is 1.30 bits per heavy atom. The first-order valence-electron chi connectivity index (χ1n) is 6.80. The second kappa shape index (κ2) is 5.81. The van der Waals surface area contributed by atoms with Crippen LogP contribution >= 0.6 is 11.6 Å². The zero-order valence-electron chi connectivity index (χ0n) is 11.2. The maximum atomic E-state index is 6.00. The smallest absolute Gasteiger partial charge is 0.171 e. The van der Waals surface area contributed by atoms with Crippen molar-refractivity contribution in [3.8, 4) is 5.75 Å². The molecule has 1 aliphatic rings. The molecule has 0 unspecified atom stereocenters. The average Bonchev–Trinajstić information content (AvgIpc) is 2.88. The maximum absolute atomic E-state index is 6.00. The van der Waals surface area contributed by atoms with Gasteiger partial charge in [-0.3, -0.25) is 0 Å². The molecular formula is C14H17ClN4O. The first-order valence-corrected chi connectivity index (χ1v) is 7.18. The Morgan fingerprint density at radius 3 is 3.05 bits per heavy atom. The first-order chi connectivity index (χ1) is 9.78. The van der Waals surface area contributed by atoms with Gasteiger partial charge in [-0.2, -0.15) is 0 Å². The largest absolute Gasteiger partial charge is 0.485 e. The van der Waals surface area contributed by atoms with Gasteiger partial charge in [0, 0.05) is 30.1 Å². The van der Waals surface area contributed by atoms with E-state index >= 15 is 0 Å². The van der Waals surface area contributed by atoms with Gasteiger partial charge < -0.3 is 15.0 Å². The Balaban J connectivity index is 1.76. The van der Waals surface area contributed by atoms with Crippen molar-refractivity contribution in [3.05, 3.63) is 40.4 Å². The monoisotopic (exact) mass is 292 g/mol. The molecule has 1 aromatic heterocycles. The molecule has 0 saturated carbocycles. The molecule has 0 aliphatic carbocycles. The summed E-state index contributed by atoms with van der Waals surface area (Å²) in [7, 11) is 0. The summed E-state index contributed by atoms with van der Waals surface area (Å²) >= 11 is 6.00. The molecule has 0 amide bonds. The molecule has 2 N–H and O–H groups in total. The van der Waals surface area contributed by atoms with Gasteiger partial charge in [-0.25, -0.2) is 0 Å². The molecule has 0 bridgehead atoms. The Morgan fingerprint density at radius 2 is 2.20 bits per heavy atom. The lowest BCUT2D eigenvalue weighted by Gasteiger charge is -2.15. The highest BCUT2D eigenvalue weighted by Crippen LogP contribution is 2.24. The van der Waals surface area contributed by atoms with Crippen LogP contribution in [0.2, 0.25) is 5.02 Å². The number of nitrogens with two attached hydrogens (primary N) is 1. The maximum Gasteiger partial charge on any atom is 0.171 e. The summed E-state index contributed by atoms with van der Waals surface area (Å²) in [4.78, 5) is 0. The van der Waals surface area contributed by atoms with Crippen molar-refractivity contribution in [1.82, 2.24) is 14.8 Å². The van der Waals surface area contributed by atoms with Crippen molar-refractivity contribution in [1.29, 1.82) is 0 Å². The molecule has 0 spiro atoms. The quantitative estimate of drug-likeness (QED) is 0.939. The SMILES string of the molecule is NCc1ccc(Cl)cc1OCc1nnc2n1CCCC2. The van der Waals surface area contributed by atoms with Crippen molar-refractivity contribution in [2.24, 2.45) is 5.73 Å². The third kappa shape index (κ3) is 2.64. The third-order valence-electron chi connectivity index (χ3n) is 3.54. The van der Waals surface area contributed by atoms with E-state index in [0.717, 1.165) is 30.2 Å². The summed E-state index contributed by atoms with van der Waals surface area (Å²) in [6, 6.07) is 5.49. The van der Waals surface area contributed by atoms with E-state index in [9.17, 15) is 0 Å². The van der Waals surface area contributed by atoms with E-state index in [2.05, 4.69) is 14.8 Å². The minimum atomic E-state index is 0.389. The topological polar surface area (TPSA) is 66.0 Å². The van der Waals surface area contributed by atoms with E-state index in [1.54, 1.807) is 6.07 Å². The molecule has 0 atom stereocenters. The molecule has 20 heavy (non-hydrogen) atoms. The molecule has 0 radical (unpaired) electrons. The van der Waals surface area contributed by atoms with Crippen LogP contribution in [0.15, 0.2) is 18.2 Å². The van der Waals surface area contributed by atoms with Crippen LogP contribution in [-0.2, 0) is 26.1 Å². The average molecular weight is 293 g/mol. The van der Waals surface area contributed by atoms with Crippen LogP contribution in [0.4, 0.5) is 0 Å². The molecule has 5 nitrogen and oxygen atoms in total. The lowest BCUT2D eigenvalue weighted by molar-refractivity contribution is 0.283. The number of ether oxygens (including phenoxy) is 1. The van der Waals surface area contributed by atoms with Crippen molar-refractivity contribution in [2.75, 3.05) is 0 Å². The molecule has 0 saturated heterocycles. The van der Waals surface area contributed by atoms with Crippen molar-refractivity contribution >= 4 is 11.6 Å². The number of aryl methyl sites for hydroxylation is 1. The Bertz CT molecular complexity index is 611. The molecule has 106 valence electrons. The summed E-state index contributed by atoms with van der Waals surface area (Å²) in [5, 5.41) is 9.07. The summed E-state index contributed by atoms with van der Waals surface area (Å²) in [6.45, 7) is 1.78. The number of benzene rings is 1. The second-order valence-corrected chi connectivity index (χ2v) is 5.32. The fraction of sp³-hybridized carbons (Fsp3) is 0.429. The number of fused-ring (bicyclic) bond motifs is 1. The highest BCUT2D eigenvalue weighted by atomic mass is 35.5. The van der Waals surface area contributed by atoms with E-state index in [1.165, 1.54) is 12.8 Å². The van der Waals surface area contributed by atoms with Crippen molar-refractivity contribution < 1.29 is 4.74 Å². The summed E-state index contributed by atoms with van der Waals surface area (Å²) in [6.07, 6.45) is 3.35. The molecule has 2 aromatic rings. The van der Waals surface area contributed by atoms with Gasteiger partial charge in [-0.1, -0.05) is 17.7 Å². The van der Waals surface area contributed by atoms with Gasteiger partial charge in [0.15, 0.2) is 5.82 Å². The van der Waals surface area contributed by atoms with Gasteiger partial charge in [-0.05, 0) is 25.0 Å². The molecule has 6 heteroatoms. The third-order valence-corrected chi connectivity index (χ3v) is 3.78. The van der Waals surface area contributed by atoms with Crippen LogP contribution in [-0.4, -0.2) is 14.8 Å². The zero-order valence-corrected chi connectivity index (χ0v) is 11.9. The van der Waals surface area contributed by atoms with Gasteiger partial charge >= 0.3 is 0 Å². The highest BCUT2D eigenvalue weighted by molar-refractivity contribution is 6.30. The number of rotatable bonds is 4. The van der Waals surface area contributed by atoms with Crippen LogP contribution in [0.5, 0.6) is 5.75 Å². The van der Waals surface area contributed by atoms with Gasteiger partial charge in [0.05, 0.1) is 0 Å². The predicted molar refractivity (Wildman–Crippen MR) is 76.6 cm³/mol. The van der Waals surface area contributed by atoms with E-state index in [-0.39, 0.29) is 0 Å². The number of hydrogen-bond acceptors (Lipinski definition) is 4. The van der Waals surface area contributed by atoms with Gasteiger partial charge in [0.25, 0.3) is 0 Å². The van der Waals surface area contributed by atoms with E-state index in [1.807, 2.05) is 12.1 Å². The number of nitrogens with zero attached hydrogens (tertiary/aromatic N) is 3. The van der Waals surface area contributed by atoms with E-state index in [4.69, 9.17) is 22.1 Å². The number of hydrogen-bond donors (Lipinski definition) is 1. The fourth-order valence-corrected chi connectivity index (χ4v) is 2.61. The molecule has 0 fully saturated rings. The highest BCUT2D eigenvalue weighted by Gasteiger charge is 2.16. The lowest BCUT2D eigenvalue weighted by Crippen LogP contribution is -2.14. The number of aromatic nitrogens is 3. The van der Waals surface area contributed by atoms with Crippen molar-refractivity contribution in [2.45, 2.75) is 39.0 Å². The molecule has 1 aromatic carbocycles. The summed E-state index contributed by atoms with van der Waals surface area (Å²) in [5.41, 5.74) is 6.64. The minimum Gasteiger partial charge on any atom is -0.485 e. The molecule has 1 aliphatic heterocycles. The van der Waals surface area contributed by atoms with Crippen LogP contribution in [0.3, 0.4) is 0 Å². The van der Waals surface area contributed by atoms with Crippen LogP contribution in [0.1, 0.15) is 30.1 Å². The normalized spacial score (nSPS) is 14.1.